The molecule has 1 aromatic rings. The maximum absolute atomic E-state index is 9.98. The van der Waals surface area contributed by atoms with Crippen LogP contribution >= 0.6 is 0 Å². The van der Waals surface area contributed by atoms with Gasteiger partial charge in [0.25, 0.3) is 0 Å². The molecule has 0 atom stereocenters. The zero-order valence-corrected chi connectivity index (χ0v) is 10.8. The number of hydrogen-bond acceptors (Lipinski definition) is 2. The first-order valence-electron chi connectivity index (χ1n) is 5.63. The monoisotopic (exact) mass is 222 g/mol. The lowest BCUT2D eigenvalue weighted by atomic mass is 9.83. The summed E-state index contributed by atoms with van der Waals surface area (Å²) in [7, 11) is 0. The van der Waals surface area contributed by atoms with Gasteiger partial charge in [0.2, 0.25) is 0 Å². The third kappa shape index (κ3) is 2.83. The van der Waals surface area contributed by atoms with E-state index >= 15 is 0 Å². The zero-order valence-electron chi connectivity index (χ0n) is 10.8. The van der Waals surface area contributed by atoms with Crippen LogP contribution in [0.3, 0.4) is 0 Å². The number of benzene rings is 1. The van der Waals surface area contributed by atoms with Crippen molar-refractivity contribution in [3.05, 3.63) is 34.9 Å². The van der Waals surface area contributed by atoms with Gasteiger partial charge in [0.15, 0.2) is 0 Å². The molecule has 0 fully saturated rings. The van der Waals surface area contributed by atoms with E-state index in [0.717, 1.165) is 11.1 Å². The fraction of sp³-hybridized carbons (Fsp3) is 0.571. The van der Waals surface area contributed by atoms with Crippen molar-refractivity contribution in [1.29, 1.82) is 0 Å². The van der Waals surface area contributed by atoms with Crippen LogP contribution in [0.25, 0.3) is 0 Å². The average molecular weight is 222 g/mol. The maximum Gasteiger partial charge on any atom is 0.0844 e. The molecule has 0 unspecified atom stereocenters. The Morgan fingerprint density at radius 2 is 1.62 bits per heavy atom. The van der Waals surface area contributed by atoms with Gasteiger partial charge in [-0.3, -0.25) is 0 Å². The third-order valence-electron chi connectivity index (χ3n) is 2.80. The first-order valence-corrected chi connectivity index (χ1v) is 5.63. The molecule has 0 heterocycles. The van der Waals surface area contributed by atoms with Crippen molar-refractivity contribution in [2.24, 2.45) is 0 Å². The standard InChI is InChI=1S/C14H22O2/c1-13(2,3)11-6-7-12(14(4,5)16)10(8-11)9-15/h6-8,15-16H,9H2,1-5H3. The molecule has 1 aromatic carbocycles. The van der Waals surface area contributed by atoms with Gasteiger partial charge in [-0.2, -0.15) is 0 Å². The van der Waals surface area contributed by atoms with Crippen LogP contribution in [0.5, 0.6) is 0 Å². The normalized spacial score (nSPS) is 12.9. The number of hydrogen-bond donors (Lipinski definition) is 2. The number of aliphatic hydroxyl groups is 2. The summed E-state index contributed by atoms with van der Waals surface area (Å²) in [5.74, 6) is 0. The maximum atomic E-state index is 9.98. The quantitative estimate of drug-likeness (QED) is 0.807. The van der Waals surface area contributed by atoms with E-state index in [1.165, 1.54) is 5.56 Å². The molecule has 1 rings (SSSR count). The molecule has 90 valence electrons. The summed E-state index contributed by atoms with van der Waals surface area (Å²) in [6.07, 6.45) is 0. The van der Waals surface area contributed by atoms with Crippen LogP contribution in [-0.2, 0) is 17.6 Å². The van der Waals surface area contributed by atoms with E-state index in [-0.39, 0.29) is 12.0 Å². The molecular formula is C14H22O2. The van der Waals surface area contributed by atoms with Crippen LogP contribution < -0.4 is 0 Å². The van der Waals surface area contributed by atoms with Crippen LogP contribution in [0.2, 0.25) is 0 Å². The van der Waals surface area contributed by atoms with Crippen LogP contribution in [0.1, 0.15) is 51.3 Å². The Labute approximate surface area is 97.9 Å². The van der Waals surface area contributed by atoms with Crippen molar-refractivity contribution in [2.45, 2.75) is 52.2 Å². The summed E-state index contributed by atoms with van der Waals surface area (Å²) in [5.41, 5.74) is 1.92. The van der Waals surface area contributed by atoms with Gasteiger partial charge in [-0.15, -0.1) is 0 Å². The molecule has 0 bridgehead atoms. The van der Waals surface area contributed by atoms with Gasteiger partial charge in [-0.25, -0.2) is 0 Å². The van der Waals surface area contributed by atoms with Crippen molar-refractivity contribution in [3.8, 4) is 0 Å². The van der Waals surface area contributed by atoms with Crippen LogP contribution in [0.15, 0.2) is 18.2 Å². The molecule has 0 aliphatic rings. The molecular weight excluding hydrogens is 200 g/mol. The predicted octanol–water partition coefficient (Wildman–Crippen LogP) is 2.70. The molecule has 2 N–H and O–H groups in total. The van der Waals surface area contributed by atoms with E-state index in [1.807, 2.05) is 18.2 Å². The van der Waals surface area contributed by atoms with Crippen molar-refractivity contribution in [2.75, 3.05) is 0 Å². The van der Waals surface area contributed by atoms with Gasteiger partial charge in [-0.05, 0) is 36.0 Å². The van der Waals surface area contributed by atoms with Crippen LogP contribution in [0.4, 0.5) is 0 Å². The number of aliphatic hydroxyl groups excluding tert-OH is 1. The van der Waals surface area contributed by atoms with E-state index in [2.05, 4.69) is 20.8 Å². The van der Waals surface area contributed by atoms with E-state index in [9.17, 15) is 10.2 Å². The van der Waals surface area contributed by atoms with Crippen LogP contribution in [0, 0.1) is 0 Å². The Morgan fingerprint density at radius 3 is 2.00 bits per heavy atom. The Bertz CT molecular complexity index is 367. The Balaban J connectivity index is 3.28. The van der Waals surface area contributed by atoms with Gasteiger partial charge in [0.05, 0.1) is 12.2 Å². The second-order valence-corrected chi connectivity index (χ2v) is 5.84. The summed E-state index contributed by atoms with van der Waals surface area (Å²) in [6, 6.07) is 5.91. The van der Waals surface area contributed by atoms with Gasteiger partial charge in [0.1, 0.15) is 0 Å². The SMILES string of the molecule is CC(C)(C)c1ccc(C(C)(C)O)c(CO)c1. The van der Waals surface area contributed by atoms with E-state index in [1.54, 1.807) is 13.8 Å². The molecule has 0 saturated heterocycles. The van der Waals surface area contributed by atoms with Gasteiger partial charge in [-0.1, -0.05) is 39.0 Å². The van der Waals surface area contributed by atoms with E-state index in [0.29, 0.717) is 0 Å². The van der Waals surface area contributed by atoms with Crippen LogP contribution in [-0.4, -0.2) is 10.2 Å². The molecule has 2 heteroatoms. The Morgan fingerprint density at radius 1 is 1.06 bits per heavy atom. The molecule has 0 spiro atoms. The molecule has 2 nitrogen and oxygen atoms in total. The van der Waals surface area contributed by atoms with Gasteiger partial charge in [0, 0.05) is 0 Å². The minimum absolute atomic E-state index is 0.0384. The molecule has 0 aromatic heterocycles. The average Bonchev–Trinajstić information content (AvgIpc) is 2.14. The summed E-state index contributed by atoms with van der Waals surface area (Å²) < 4.78 is 0. The Hall–Kier alpha value is -0.860. The zero-order chi connectivity index (χ0) is 12.6. The number of rotatable bonds is 2. The highest BCUT2D eigenvalue weighted by Gasteiger charge is 2.22. The molecule has 0 saturated carbocycles. The lowest BCUT2D eigenvalue weighted by Gasteiger charge is -2.25. The Kier molecular flexibility index (Phi) is 3.46. The predicted molar refractivity (Wildman–Crippen MR) is 66.3 cm³/mol. The summed E-state index contributed by atoms with van der Waals surface area (Å²) >= 11 is 0. The summed E-state index contributed by atoms with van der Waals surface area (Å²) in [5, 5.41) is 19.3. The van der Waals surface area contributed by atoms with E-state index in [4.69, 9.17) is 0 Å². The lowest BCUT2D eigenvalue weighted by Crippen LogP contribution is -2.20. The summed E-state index contributed by atoms with van der Waals surface area (Å²) in [4.78, 5) is 0. The molecule has 0 aliphatic carbocycles. The smallest absolute Gasteiger partial charge is 0.0844 e. The highest BCUT2D eigenvalue weighted by Crippen LogP contribution is 2.29. The topological polar surface area (TPSA) is 40.5 Å². The van der Waals surface area contributed by atoms with Crippen molar-refractivity contribution < 1.29 is 10.2 Å². The lowest BCUT2D eigenvalue weighted by molar-refractivity contribution is 0.0759. The van der Waals surface area contributed by atoms with Crippen molar-refractivity contribution >= 4 is 0 Å². The van der Waals surface area contributed by atoms with Gasteiger partial charge >= 0.3 is 0 Å². The fourth-order valence-corrected chi connectivity index (χ4v) is 1.79. The second kappa shape index (κ2) is 4.19. The van der Waals surface area contributed by atoms with Gasteiger partial charge < -0.3 is 10.2 Å². The molecule has 0 radical (unpaired) electrons. The van der Waals surface area contributed by atoms with Crippen molar-refractivity contribution in [3.63, 3.8) is 0 Å². The fourth-order valence-electron chi connectivity index (χ4n) is 1.79. The first kappa shape index (κ1) is 13.2. The highest BCUT2D eigenvalue weighted by molar-refractivity contribution is 5.37. The second-order valence-electron chi connectivity index (χ2n) is 5.84. The minimum atomic E-state index is -0.908. The largest absolute Gasteiger partial charge is 0.392 e. The van der Waals surface area contributed by atoms with Crippen molar-refractivity contribution in [1.82, 2.24) is 0 Å². The molecule has 0 amide bonds. The molecule has 0 aliphatic heterocycles. The van der Waals surface area contributed by atoms with E-state index < -0.39 is 5.60 Å². The first-order chi connectivity index (χ1) is 7.16. The summed E-state index contributed by atoms with van der Waals surface area (Å²) in [6.45, 7) is 9.83. The highest BCUT2D eigenvalue weighted by atomic mass is 16.3. The molecule has 16 heavy (non-hydrogen) atoms. The third-order valence-corrected chi connectivity index (χ3v) is 2.80. The minimum Gasteiger partial charge on any atom is -0.392 e.